The molecule has 2 unspecified atom stereocenters. The van der Waals surface area contributed by atoms with Crippen LogP contribution in [-0.4, -0.2) is 12.6 Å². The summed E-state index contributed by atoms with van der Waals surface area (Å²) in [6, 6.07) is 0. The third-order valence-corrected chi connectivity index (χ3v) is 2.83. The van der Waals surface area contributed by atoms with Crippen molar-refractivity contribution in [2.75, 3.05) is 6.61 Å². The van der Waals surface area contributed by atoms with E-state index in [1.165, 1.54) is 19.3 Å². The maximum Gasteiger partial charge on any atom is 0.309 e. The van der Waals surface area contributed by atoms with E-state index < -0.39 is 0 Å². The van der Waals surface area contributed by atoms with Gasteiger partial charge in [0, 0.05) is 0 Å². The molecule has 0 saturated carbocycles. The molecule has 0 aromatic heterocycles. The molecule has 1 aliphatic rings. The standard InChI is InChI=1S/C11H20O2/c1-3-4-9(2)5-6-10-7-8-13-11(10)12/h9-10H,3-8H2,1-2H3. The summed E-state index contributed by atoms with van der Waals surface area (Å²) in [5.74, 6) is 1.00. The molecule has 0 spiro atoms. The maximum atomic E-state index is 11.1. The largest absolute Gasteiger partial charge is 0.465 e. The van der Waals surface area contributed by atoms with E-state index in [1.807, 2.05) is 0 Å². The first kappa shape index (κ1) is 10.6. The van der Waals surface area contributed by atoms with E-state index in [9.17, 15) is 4.79 Å². The fourth-order valence-corrected chi connectivity index (χ4v) is 1.92. The van der Waals surface area contributed by atoms with Gasteiger partial charge in [0.1, 0.15) is 0 Å². The molecule has 0 radical (unpaired) electrons. The fraction of sp³-hybridized carbons (Fsp3) is 0.909. The molecular formula is C11H20O2. The van der Waals surface area contributed by atoms with E-state index in [4.69, 9.17) is 4.74 Å². The molecule has 1 saturated heterocycles. The van der Waals surface area contributed by atoms with E-state index >= 15 is 0 Å². The van der Waals surface area contributed by atoms with Crippen molar-refractivity contribution in [2.45, 2.75) is 46.0 Å². The normalized spacial score (nSPS) is 24.5. The molecule has 76 valence electrons. The number of esters is 1. The lowest BCUT2D eigenvalue weighted by atomic mass is 9.93. The van der Waals surface area contributed by atoms with Crippen LogP contribution in [0.2, 0.25) is 0 Å². The van der Waals surface area contributed by atoms with Crippen LogP contribution < -0.4 is 0 Å². The van der Waals surface area contributed by atoms with Crippen molar-refractivity contribution >= 4 is 5.97 Å². The van der Waals surface area contributed by atoms with E-state index in [-0.39, 0.29) is 11.9 Å². The van der Waals surface area contributed by atoms with Crippen molar-refractivity contribution in [3.63, 3.8) is 0 Å². The molecule has 1 aliphatic heterocycles. The highest BCUT2D eigenvalue weighted by atomic mass is 16.5. The smallest absolute Gasteiger partial charge is 0.309 e. The summed E-state index contributed by atoms with van der Waals surface area (Å²) in [6.07, 6.45) is 5.67. The first-order chi connectivity index (χ1) is 6.24. The molecule has 0 bridgehead atoms. The quantitative estimate of drug-likeness (QED) is 0.614. The summed E-state index contributed by atoms with van der Waals surface area (Å²) in [5, 5.41) is 0. The summed E-state index contributed by atoms with van der Waals surface area (Å²) in [5.41, 5.74) is 0. The Labute approximate surface area is 80.7 Å². The van der Waals surface area contributed by atoms with Gasteiger partial charge in [-0.15, -0.1) is 0 Å². The van der Waals surface area contributed by atoms with E-state index in [1.54, 1.807) is 0 Å². The van der Waals surface area contributed by atoms with E-state index in [2.05, 4.69) is 13.8 Å². The monoisotopic (exact) mass is 184 g/mol. The Bertz CT molecular complexity index is 165. The molecule has 0 aliphatic carbocycles. The molecule has 2 nitrogen and oxygen atoms in total. The van der Waals surface area contributed by atoms with Crippen LogP contribution in [0.4, 0.5) is 0 Å². The van der Waals surface area contributed by atoms with E-state index in [0.717, 1.165) is 18.8 Å². The average molecular weight is 184 g/mol. The zero-order valence-electron chi connectivity index (χ0n) is 8.71. The third-order valence-electron chi connectivity index (χ3n) is 2.83. The van der Waals surface area contributed by atoms with Crippen LogP contribution in [-0.2, 0) is 9.53 Å². The Morgan fingerprint density at radius 3 is 2.85 bits per heavy atom. The topological polar surface area (TPSA) is 26.3 Å². The molecule has 1 fully saturated rings. The Morgan fingerprint density at radius 1 is 1.54 bits per heavy atom. The molecule has 0 aromatic carbocycles. The minimum absolute atomic E-state index is 0.0312. The van der Waals surface area contributed by atoms with Crippen LogP contribution in [0.1, 0.15) is 46.0 Å². The Hall–Kier alpha value is -0.530. The number of rotatable bonds is 5. The van der Waals surface area contributed by atoms with Gasteiger partial charge >= 0.3 is 5.97 Å². The van der Waals surface area contributed by atoms with Gasteiger partial charge in [-0.2, -0.15) is 0 Å². The minimum Gasteiger partial charge on any atom is -0.465 e. The predicted octanol–water partition coefficient (Wildman–Crippen LogP) is 2.77. The van der Waals surface area contributed by atoms with Gasteiger partial charge in [-0.3, -0.25) is 4.79 Å². The van der Waals surface area contributed by atoms with Gasteiger partial charge in [0.15, 0.2) is 0 Å². The van der Waals surface area contributed by atoms with Gasteiger partial charge in [-0.1, -0.05) is 26.7 Å². The summed E-state index contributed by atoms with van der Waals surface area (Å²) < 4.78 is 4.92. The molecule has 2 heteroatoms. The second-order valence-electron chi connectivity index (χ2n) is 4.12. The number of hydrogen-bond acceptors (Lipinski definition) is 2. The number of cyclic esters (lactones) is 1. The lowest BCUT2D eigenvalue weighted by Crippen LogP contribution is -2.09. The SMILES string of the molecule is CCCC(C)CCC1CCOC1=O. The molecule has 0 N–H and O–H groups in total. The highest BCUT2D eigenvalue weighted by Crippen LogP contribution is 2.23. The first-order valence-electron chi connectivity index (χ1n) is 5.40. The summed E-state index contributed by atoms with van der Waals surface area (Å²) in [6.45, 7) is 5.12. The average Bonchev–Trinajstić information content (AvgIpc) is 2.48. The zero-order valence-corrected chi connectivity index (χ0v) is 8.71. The zero-order chi connectivity index (χ0) is 9.68. The van der Waals surface area contributed by atoms with Gasteiger partial charge < -0.3 is 4.74 Å². The van der Waals surface area contributed by atoms with Crippen LogP contribution in [0, 0.1) is 11.8 Å². The first-order valence-corrected chi connectivity index (χ1v) is 5.40. The molecule has 2 atom stereocenters. The number of carbonyl (C=O) groups excluding carboxylic acids is 1. The fourth-order valence-electron chi connectivity index (χ4n) is 1.92. The van der Waals surface area contributed by atoms with Crippen molar-refractivity contribution in [3.8, 4) is 0 Å². The van der Waals surface area contributed by atoms with Crippen molar-refractivity contribution in [3.05, 3.63) is 0 Å². The van der Waals surface area contributed by atoms with Crippen molar-refractivity contribution in [1.29, 1.82) is 0 Å². The van der Waals surface area contributed by atoms with Gasteiger partial charge in [0.05, 0.1) is 12.5 Å². The van der Waals surface area contributed by atoms with Crippen LogP contribution in [0.5, 0.6) is 0 Å². The minimum atomic E-state index is 0.0312. The Morgan fingerprint density at radius 2 is 2.31 bits per heavy atom. The Balaban J connectivity index is 2.14. The van der Waals surface area contributed by atoms with Gasteiger partial charge in [-0.05, 0) is 25.2 Å². The summed E-state index contributed by atoms with van der Waals surface area (Å²) >= 11 is 0. The Kier molecular flexibility index (Phi) is 4.26. The molecule has 1 rings (SSSR count). The lowest BCUT2D eigenvalue weighted by molar-refractivity contribution is -0.141. The van der Waals surface area contributed by atoms with Crippen LogP contribution in [0.15, 0.2) is 0 Å². The van der Waals surface area contributed by atoms with Gasteiger partial charge in [-0.25, -0.2) is 0 Å². The van der Waals surface area contributed by atoms with Crippen molar-refractivity contribution in [1.82, 2.24) is 0 Å². The van der Waals surface area contributed by atoms with Crippen LogP contribution in [0.25, 0.3) is 0 Å². The van der Waals surface area contributed by atoms with E-state index in [0.29, 0.717) is 6.61 Å². The summed E-state index contributed by atoms with van der Waals surface area (Å²) in [4.78, 5) is 11.1. The highest BCUT2D eigenvalue weighted by molar-refractivity contribution is 5.73. The number of ether oxygens (including phenoxy) is 1. The molecular weight excluding hydrogens is 164 g/mol. The maximum absolute atomic E-state index is 11.1. The second kappa shape index (κ2) is 5.25. The lowest BCUT2D eigenvalue weighted by Gasteiger charge is -2.11. The molecule has 13 heavy (non-hydrogen) atoms. The molecule has 0 aromatic rings. The number of carbonyl (C=O) groups is 1. The predicted molar refractivity (Wildman–Crippen MR) is 52.4 cm³/mol. The summed E-state index contributed by atoms with van der Waals surface area (Å²) in [7, 11) is 0. The second-order valence-corrected chi connectivity index (χ2v) is 4.12. The van der Waals surface area contributed by atoms with Crippen molar-refractivity contribution in [2.24, 2.45) is 11.8 Å². The molecule has 1 heterocycles. The molecule has 0 amide bonds. The van der Waals surface area contributed by atoms with Crippen LogP contribution in [0.3, 0.4) is 0 Å². The van der Waals surface area contributed by atoms with Gasteiger partial charge in [0.2, 0.25) is 0 Å². The highest BCUT2D eigenvalue weighted by Gasteiger charge is 2.26. The van der Waals surface area contributed by atoms with Crippen LogP contribution >= 0.6 is 0 Å². The van der Waals surface area contributed by atoms with Gasteiger partial charge in [0.25, 0.3) is 0 Å². The van der Waals surface area contributed by atoms with Crippen molar-refractivity contribution < 1.29 is 9.53 Å². The third kappa shape index (κ3) is 3.37. The number of hydrogen-bond donors (Lipinski definition) is 0.